The SMILES string of the molecule is CC1CC(C)CN(Cc2cc(CNC3CC3)co2)C1. The average molecular weight is 262 g/mol. The van der Waals surface area contributed by atoms with Gasteiger partial charge in [0.1, 0.15) is 5.76 Å². The van der Waals surface area contributed by atoms with Crippen LogP contribution in [-0.2, 0) is 13.1 Å². The number of likely N-dealkylation sites (tertiary alicyclic amines) is 1. The molecule has 1 saturated carbocycles. The monoisotopic (exact) mass is 262 g/mol. The van der Waals surface area contributed by atoms with Crippen molar-refractivity contribution < 1.29 is 4.42 Å². The molecule has 0 spiro atoms. The lowest BCUT2D eigenvalue weighted by Gasteiger charge is -2.34. The summed E-state index contributed by atoms with van der Waals surface area (Å²) in [7, 11) is 0. The molecule has 1 aliphatic carbocycles. The van der Waals surface area contributed by atoms with Crippen molar-refractivity contribution in [2.24, 2.45) is 11.8 Å². The Kier molecular flexibility index (Phi) is 3.94. The van der Waals surface area contributed by atoms with Gasteiger partial charge in [0.15, 0.2) is 0 Å². The van der Waals surface area contributed by atoms with Gasteiger partial charge in [-0.1, -0.05) is 13.8 Å². The molecular weight excluding hydrogens is 236 g/mol. The summed E-state index contributed by atoms with van der Waals surface area (Å²) in [6.45, 7) is 9.06. The van der Waals surface area contributed by atoms with Crippen LogP contribution in [0.1, 0.15) is 44.4 Å². The fourth-order valence-corrected chi connectivity index (χ4v) is 3.29. The van der Waals surface area contributed by atoms with E-state index in [1.54, 1.807) is 0 Å². The van der Waals surface area contributed by atoms with Gasteiger partial charge < -0.3 is 9.73 Å². The van der Waals surface area contributed by atoms with E-state index in [-0.39, 0.29) is 0 Å². The molecule has 1 N–H and O–H groups in total. The summed E-state index contributed by atoms with van der Waals surface area (Å²) in [5.41, 5.74) is 1.29. The van der Waals surface area contributed by atoms with Gasteiger partial charge in [-0.05, 0) is 37.2 Å². The van der Waals surface area contributed by atoms with E-state index in [1.165, 1.54) is 37.9 Å². The van der Waals surface area contributed by atoms with Gasteiger partial charge in [0.25, 0.3) is 0 Å². The maximum absolute atomic E-state index is 5.71. The van der Waals surface area contributed by atoms with Gasteiger partial charge in [-0.15, -0.1) is 0 Å². The highest BCUT2D eigenvalue weighted by molar-refractivity contribution is 5.13. The summed E-state index contributed by atoms with van der Waals surface area (Å²) < 4.78 is 5.71. The largest absolute Gasteiger partial charge is 0.468 e. The molecule has 106 valence electrons. The van der Waals surface area contributed by atoms with Gasteiger partial charge >= 0.3 is 0 Å². The zero-order chi connectivity index (χ0) is 13.2. The topological polar surface area (TPSA) is 28.4 Å². The molecule has 19 heavy (non-hydrogen) atoms. The van der Waals surface area contributed by atoms with E-state index in [1.807, 2.05) is 6.26 Å². The molecule has 2 fully saturated rings. The molecule has 1 aliphatic heterocycles. The maximum Gasteiger partial charge on any atom is 0.118 e. The van der Waals surface area contributed by atoms with Gasteiger partial charge in [-0.2, -0.15) is 0 Å². The molecular formula is C16H26N2O. The van der Waals surface area contributed by atoms with Crippen LogP contribution in [0.5, 0.6) is 0 Å². The molecule has 0 radical (unpaired) electrons. The Balaban J connectivity index is 1.51. The minimum atomic E-state index is 0.766. The molecule has 3 heteroatoms. The third-order valence-corrected chi connectivity index (χ3v) is 4.20. The van der Waals surface area contributed by atoms with Crippen molar-refractivity contribution in [3.8, 4) is 0 Å². The van der Waals surface area contributed by atoms with Crippen LogP contribution in [0.15, 0.2) is 16.7 Å². The first-order chi connectivity index (χ1) is 9.19. The standard InChI is InChI=1S/C16H26N2O/c1-12-5-13(2)9-18(8-12)10-16-6-14(11-19-16)7-17-15-3-4-15/h6,11-13,15,17H,3-5,7-10H2,1-2H3. The predicted octanol–water partition coefficient (Wildman–Crippen LogP) is 3.01. The van der Waals surface area contributed by atoms with E-state index >= 15 is 0 Å². The first kappa shape index (κ1) is 13.2. The second-order valence-electron chi connectivity index (χ2n) is 6.72. The van der Waals surface area contributed by atoms with Crippen molar-refractivity contribution in [1.29, 1.82) is 0 Å². The van der Waals surface area contributed by atoms with Crippen molar-refractivity contribution in [2.75, 3.05) is 13.1 Å². The second-order valence-corrected chi connectivity index (χ2v) is 6.72. The Hall–Kier alpha value is -0.800. The molecule has 2 atom stereocenters. The summed E-state index contributed by atoms with van der Waals surface area (Å²) in [5.74, 6) is 2.75. The molecule has 1 aromatic heterocycles. The Bertz CT molecular complexity index is 401. The van der Waals surface area contributed by atoms with Crippen molar-refractivity contribution in [2.45, 2.75) is 52.2 Å². The number of rotatable bonds is 5. The number of hydrogen-bond donors (Lipinski definition) is 1. The van der Waals surface area contributed by atoms with Crippen LogP contribution < -0.4 is 5.32 Å². The van der Waals surface area contributed by atoms with E-state index in [0.29, 0.717) is 0 Å². The molecule has 0 amide bonds. The zero-order valence-corrected chi connectivity index (χ0v) is 12.2. The van der Waals surface area contributed by atoms with Crippen LogP contribution in [0.3, 0.4) is 0 Å². The van der Waals surface area contributed by atoms with Crippen LogP contribution in [0.2, 0.25) is 0 Å². The third kappa shape index (κ3) is 3.83. The van der Waals surface area contributed by atoms with Crippen LogP contribution in [0, 0.1) is 11.8 Å². The minimum Gasteiger partial charge on any atom is -0.468 e. The fourth-order valence-electron chi connectivity index (χ4n) is 3.29. The normalized spacial score (nSPS) is 28.7. The third-order valence-electron chi connectivity index (χ3n) is 4.20. The number of furan rings is 1. The van der Waals surface area contributed by atoms with E-state index in [9.17, 15) is 0 Å². The molecule has 3 rings (SSSR count). The highest BCUT2D eigenvalue weighted by Crippen LogP contribution is 2.23. The zero-order valence-electron chi connectivity index (χ0n) is 12.2. The van der Waals surface area contributed by atoms with Crippen LogP contribution in [-0.4, -0.2) is 24.0 Å². The van der Waals surface area contributed by atoms with Crippen molar-refractivity contribution in [1.82, 2.24) is 10.2 Å². The first-order valence-electron chi connectivity index (χ1n) is 7.71. The highest BCUT2D eigenvalue weighted by Gasteiger charge is 2.23. The van der Waals surface area contributed by atoms with E-state index < -0.39 is 0 Å². The van der Waals surface area contributed by atoms with Gasteiger partial charge in [-0.25, -0.2) is 0 Å². The number of piperidine rings is 1. The van der Waals surface area contributed by atoms with Crippen LogP contribution in [0.25, 0.3) is 0 Å². The van der Waals surface area contributed by atoms with E-state index in [2.05, 4.69) is 30.1 Å². The molecule has 1 saturated heterocycles. The Morgan fingerprint density at radius 2 is 2.00 bits per heavy atom. The van der Waals surface area contributed by atoms with Crippen LogP contribution in [0.4, 0.5) is 0 Å². The summed E-state index contributed by atoms with van der Waals surface area (Å²) >= 11 is 0. The minimum absolute atomic E-state index is 0.766. The molecule has 0 bridgehead atoms. The van der Waals surface area contributed by atoms with Gasteiger partial charge in [0.2, 0.25) is 0 Å². The quantitative estimate of drug-likeness (QED) is 0.884. The maximum atomic E-state index is 5.71. The molecule has 0 aromatic carbocycles. The summed E-state index contributed by atoms with van der Waals surface area (Å²) in [6.07, 6.45) is 5.97. The number of nitrogens with zero attached hydrogens (tertiary/aromatic N) is 1. The van der Waals surface area contributed by atoms with Crippen molar-refractivity contribution in [3.63, 3.8) is 0 Å². The second kappa shape index (κ2) is 5.68. The fraction of sp³-hybridized carbons (Fsp3) is 0.750. The van der Waals surface area contributed by atoms with Crippen LogP contribution >= 0.6 is 0 Å². The van der Waals surface area contributed by atoms with Gasteiger partial charge in [-0.3, -0.25) is 4.90 Å². The van der Waals surface area contributed by atoms with Crippen molar-refractivity contribution >= 4 is 0 Å². The summed E-state index contributed by atoms with van der Waals surface area (Å²) in [6, 6.07) is 2.99. The molecule has 2 unspecified atom stereocenters. The molecule has 3 nitrogen and oxygen atoms in total. The smallest absolute Gasteiger partial charge is 0.118 e. The predicted molar refractivity (Wildman–Crippen MR) is 76.8 cm³/mol. The Morgan fingerprint density at radius 3 is 2.68 bits per heavy atom. The first-order valence-corrected chi connectivity index (χ1v) is 7.71. The number of hydrogen-bond acceptors (Lipinski definition) is 3. The van der Waals surface area contributed by atoms with Crippen molar-refractivity contribution in [3.05, 3.63) is 23.7 Å². The highest BCUT2D eigenvalue weighted by atomic mass is 16.3. The van der Waals surface area contributed by atoms with E-state index in [4.69, 9.17) is 4.42 Å². The molecule has 2 aliphatic rings. The Morgan fingerprint density at radius 1 is 1.26 bits per heavy atom. The van der Waals surface area contributed by atoms with Gasteiger partial charge in [0, 0.05) is 31.2 Å². The molecule has 1 aromatic rings. The lowest BCUT2D eigenvalue weighted by Crippen LogP contribution is -2.37. The number of nitrogens with one attached hydrogen (secondary N) is 1. The van der Waals surface area contributed by atoms with E-state index in [0.717, 1.165) is 36.7 Å². The lowest BCUT2D eigenvalue weighted by molar-refractivity contribution is 0.126. The summed E-state index contributed by atoms with van der Waals surface area (Å²) in [5, 5.41) is 3.53. The lowest BCUT2D eigenvalue weighted by atomic mass is 9.92. The Labute approximate surface area is 116 Å². The summed E-state index contributed by atoms with van der Waals surface area (Å²) in [4.78, 5) is 2.54. The molecule has 2 heterocycles. The van der Waals surface area contributed by atoms with Gasteiger partial charge in [0.05, 0.1) is 12.8 Å². The average Bonchev–Trinajstić information content (AvgIpc) is 3.06.